The Hall–Kier alpha value is -1.49. The minimum atomic E-state index is 0.800. The summed E-state index contributed by atoms with van der Waals surface area (Å²) in [6, 6.07) is 0. The first-order chi connectivity index (χ1) is 7.93. The largest absolute Gasteiger partial charge is 0.365 e. The molecule has 2 aromatic rings. The van der Waals surface area contributed by atoms with Crippen LogP contribution in [-0.4, -0.2) is 15.0 Å². The van der Waals surface area contributed by atoms with Crippen molar-refractivity contribution in [3.63, 3.8) is 0 Å². The van der Waals surface area contributed by atoms with E-state index in [0.717, 1.165) is 25.2 Å². The van der Waals surface area contributed by atoms with Crippen LogP contribution in [0.4, 0.5) is 5.82 Å². The van der Waals surface area contributed by atoms with E-state index < -0.39 is 0 Å². The van der Waals surface area contributed by atoms with Gasteiger partial charge >= 0.3 is 0 Å². The lowest BCUT2D eigenvalue weighted by atomic mass is 10.2. The third kappa shape index (κ3) is 1.78. The lowest BCUT2D eigenvalue weighted by Gasteiger charge is -2.07. The molecule has 0 spiro atoms. The molecule has 0 radical (unpaired) electrons. The quantitative estimate of drug-likeness (QED) is 0.879. The number of rotatable bonds is 3. The monoisotopic (exact) mass is 232 g/mol. The van der Waals surface area contributed by atoms with Crippen LogP contribution in [-0.2, 0) is 19.4 Å². The topological polar surface area (TPSA) is 50.7 Å². The molecule has 1 N–H and O–H groups in total. The number of fused-ring (bicyclic) bond motifs is 1. The molecule has 5 heteroatoms. The highest BCUT2D eigenvalue weighted by Crippen LogP contribution is 2.25. The molecule has 0 fully saturated rings. The van der Waals surface area contributed by atoms with Gasteiger partial charge in [0.2, 0.25) is 0 Å². The van der Waals surface area contributed by atoms with Gasteiger partial charge in [-0.05, 0) is 19.3 Å². The van der Waals surface area contributed by atoms with Crippen molar-refractivity contribution in [3.05, 3.63) is 34.2 Å². The first-order valence-corrected chi connectivity index (χ1v) is 6.25. The van der Waals surface area contributed by atoms with E-state index >= 15 is 0 Å². The summed E-state index contributed by atoms with van der Waals surface area (Å²) in [6.45, 7) is 0.800. The molecule has 82 valence electrons. The fourth-order valence-corrected chi connectivity index (χ4v) is 2.55. The van der Waals surface area contributed by atoms with Gasteiger partial charge in [-0.15, -0.1) is 11.3 Å². The second-order valence-corrected chi connectivity index (χ2v) is 4.79. The molecule has 0 saturated carbocycles. The van der Waals surface area contributed by atoms with Gasteiger partial charge in [0, 0.05) is 22.3 Å². The highest BCUT2D eigenvalue weighted by Gasteiger charge is 2.16. The Morgan fingerprint density at radius 1 is 1.31 bits per heavy atom. The second-order valence-electron chi connectivity index (χ2n) is 3.82. The molecule has 1 aliphatic rings. The summed E-state index contributed by atoms with van der Waals surface area (Å²) in [5, 5.41) is 3.37. The van der Waals surface area contributed by atoms with E-state index in [9.17, 15) is 0 Å². The molecule has 16 heavy (non-hydrogen) atoms. The number of hydrogen-bond acceptors (Lipinski definition) is 5. The SMILES string of the molecule is c1nc2c(c(NCc3cncs3)n1)CCC2. The molecule has 0 amide bonds. The molecule has 0 unspecified atom stereocenters. The summed E-state index contributed by atoms with van der Waals surface area (Å²) in [6.07, 6.45) is 6.93. The van der Waals surface area contributed by atoms with Gasteiger partial charge in [-0.25, -0.2) is 9.97 Å². The van der Waals surface area contributed by atoms with E-state index in [2.05, 4.69) is 20.3 Å². The van der Waals surface area contributed by atoms with Gasteiger partial charge in [-0.2, -0.15) is 0 Å². The van der Waals surface area contributed by atoms with E-state index in [1.165, 1.54) is 22.6 Å². The number of hydrogen-bond donors (Lipinski definition) is 1. The fraction of sp³-hybridized carbons (Fsp3) is 0.364. The van der Waals surface area contributed by atoms with Gasteiger partial charge in [-0.1, -0.05) is 0 Å². The van der Waals surface area contributed by atoms with Gasteiger partial charge < -0.3 is 5.32 Å². The van der Waals surface area contributed by atoms with Crippen LogP contribution in [0.2, 0.25) is 0 Å². The Balaban J connectivity index is 1.78. The first-order valence-electron chi connectivity index (χ1n) is 5.37. The maximum Gasteiger partial charge on any atom is 0.133 e. The molecule has 0 saturated heterocycles. The van der Waals surface area contributed by atoms with Crippen LogP contribution in [0, 0.1) is 0 Å². The molecule has 2 heterocycles. The maximum atomic E-state index is 4.31. The van der Waals surface area contributed by atoms with E-state index in [1.807, 2.05) is 11.7 Å². The second kappa shape index (κ2) is 4.17. The number of aromatic nitrogens is 3. The molecular formula is C11H12N4S. The van der Waals surface area contributed by atoms with Gasteiger partial charge in [0.1, 0.15) is 12.1 Å². The summed E-state index contributed by atoms with van der Waals surface area (Å²) >= 11 is 1.66. The summed E-state index contributed by atoms with van der Waals surface area (Å²) in [7, 11) is 0. The Labute approximate surface area is 97.8 Å². The summed E-state index contributed by atoms with van der Waals surface area (Å²) in [5.74, 6) is 0.996. The Kier molecular flexibility index (Phi) is 2.53. The smallest absolute Gasteiger partial charge is 0.133 e. The average molecular weight is 232 g/mol. The standard InChI is InChI=1S/C11H12N4S/c1-2-9-10(3-1)14-6-15-11(9)13-5-8-4-12-7-16-8/h4,6-7H,1-3,5H2,(H,13,14,15). The number of aryl methyl sites for hydroxylation is 1. The Bertz CT molecular complexity index is 481. The van der Waals surface area contributed by atoms with Crippen molar-refractivity contribution in [1.82, 2.24) is 15.0 Å². The van der Waals surface area contributed by atoms with Crippen molar-refractivity contribution in [2.24, 2.45) is 0 Å². The molecule has 0 aromatic carbocycles. The van der Waals surface area contributed by atoms with E-state index in [-0.39, 0.29) is 0 Å². The van der Waals surface area contributed by atoms with Crippen molar-refractivity contribution in [2.45, 2.75) is 25.8 Å². The molecule has 0 atom stereocenters. The summed E-state index contributed by atoms with van der Waals surface area (Å²) in [4.78, 5) is 13.9. The van der Waals surface area contributed by atoms with Crippen molar-refractivity contribution >= 4 is 17.2 Å². The summed E-state index contributed by atoms with van der Waals surface area (Å²) in [5.41, 5.74) is 4.36. The minimum absolute atomic E-state index is 0.800. The molecule has 0 aliphatic heterocycles. The van der Waals surface area contributed by atoms with Crippen molar-refractivity contribution < 1.29 is 0 Å². The molecule has 2 aromatic heterocycles. The molecular weight excluding hydrogens is 220 g/mol. The van der Waals surface area contributed by atoms with Crippen LogP contribution in [0.1, 0.15) is 22.6 Å². The molecule has 4 nitrogen and oxygen atoms in total. The zero-order valence-electron chi connectivity index (χ0n) is 8.81. The zero-order valence-corrected chi connectivity index (χ0v) is 9.63. The molecule has 0 bridgehead atoms. The van der Waals surface area contributed by atoms with Crippen LogP contribution < -0.4 is 5.32 Å². The van der Waals surface area contributed by atoms with E-state index in [4.69, 9.17) is 0 Å². The van der Waals surface area contributed by atoms with Gasteiger partial charge in [0.05, 0.1) is 12.1 Å². The number of nitrogens with one attached hydrogen (secondary N) is 1. The van der Waals surface area contributed by atoms with Crippen molar-refractivity contribution in [1.29, 1.82) is 0 Å². The van der Waals surface area contributed by atoms with Crippen LogP contribution >= 0.6 is 11.3 Å². The van der Waals surface area contributed by atoms with Crippen LogP contribution in [0.5, 0.6) is 0 Å². The Morgan fingerprint density at radius 2 is 2.31 bits per heavy atom. The van der Waals surface area contributed by atoms with Crippen LogP contribution in [0.3, 0.4) is 0 Å². The van der Waals surface area contributed by atoms with Crippen LogP contribution in [0.15, 0.2) is 18.0 Å². The van der Waals surface area contributed by atoms with Gasteiger partial charge in [0.25, 0.3) is 0 Å². The van der Waals surface area contributed by atoms with E-state index in [0.29, 0.717) is 0 Å². The fourth-order valence-electron chi connectivity index (χ4n) is 2.01. The lowest BCUT2D eigenvalue weighted by molar-refractivity contribution is 0.899. The highest BCUT2D eigenvalue weighted by atomic mass is 32.1. The predicted molar refractivity (Wildman–Crippen MR) is 63.5 cm³/mol. The summed E-state index contributed by atoms with van der Waals surface area (Å²) < 4.78 is 0. The Morgan fingerprint density at radius 3 is 3.19 bits per heavy atom. The van der Waals surface area contributed by atoms with Crippen LogP contribution in [0.25, 0.3) is 0 Å². The average Bonchev–Trinajstić information content (AvgIpc) is 2.97. The zero-order chi connectivity index (χ0) is 10.8. The number of nitrogens with zero attached hydrogens (tertiary/aromatic N) is 3. The van der Waals surface area contributed by atoms with Crippen molar-refractivity contribution in [3.8, 4) is 0 Å². The number of thiazole rings is 1. The van der Waals surface area contributed by atoms with E-state index in [1.54, 1.807) is 17.7 Å². The first kappa shape index (κ1) is 9.72. The third-order valence-electron chi connectivity index (χ3n) is 2.79. The predicted octanol–water partition coefficient (Wildman–Crippen LogP) is 2.03. The van der Waals surface area contributed by atoms with Gasteiger partial charge in [-0.3, -0.25) is 4.98 Å². The molecule has 1 aliphatic carbocycles. The highest BCUT2D eigenvalue weighted by molar-refractivity contribution is 7.09. The normalized spacial score (nSPS) is 13.8. The van der Waals surface area contributed by atoms with Crippen molar-refractivity contribution in [2.75, 3.05) is 5.32 Å². The third-order valence-corrected chi connectivity index (χ3v) is 3.57. The molecule has 3 rings (SSSR count). The maximum absolute atomic E-state index is 4.31. The van der Waals surface area contributed by atoms with Gasteiger partial charge in [0.15, 0.2) is 0 Å². The minimum Gasteiger partial charge on any atom is -0.365 e. The number of anilines is 1. The lowest BCUT2D eigenvalue weighted by Crippen LogP contribution is -2.04.